The Bertz CT molecular complexity index is 716. The molecule has 0 unspecified atom stereocenters. The lowest BCUT2D eigenvalue weighted by Gasteiger charge is -2.36. The number of carbonyl (C=O) groups is 1. The average molecular weight is 387 g/mol. The number of nitrogens with one attached hydrogen (secondary N) is 1. The van der Waals surface area contributed by atoms with Crippen LogP contribution in [0.4, 0.5) is 0 Å². The van der Waals surface area contributed by atoms with Crippen LogP contribution in [0.5, 0.6) is 5.88 Å². The lowest BCUT2D eigenvalue weighted by molar-refractivity contribution is -0.135. The maximum atomic E-state index is 12.4. The van der Waals surface area contributed by atoms with Gasteiger partial charge in [-0.2, -0.15) is 0 Å². The summed E-state index contributed by atoms with van der Waals surface area (Å²) in [5.41, 5.74) is 1.07. The number of rotatable bonds is 5. The van der Waals surface area contributed by atoms with E-state index < -0.39 is 0 Å². The standard InChI is InChI=1S/C20H29N5O3/c1-21-20(24-8-9-25(16-2-3-16)19(26)14-24)23-13-15-4-7-22-18(12-15)28-17-5-10-27-11-6-17/h4,7,12,16-17H,2-3,5-6,8-11,13-14H2,1H3,(H,21,23). The van der Waals surface area contributed by atoms with Gasteiger partial charge in [-0.15, -0.1) is 0 Å². The number of carbonyl (C=O) groups excluding carboxylic acids is 1. The molecular weight excluding hydrogens is 358 g/mol. The number of aromatic nitrogens is 1. The maximum absolute atomic E-state index is 12.4. The highest BCUT2D eigenvalue weighted by Crippen LogP contribution is 2.28. The molecule has 28 heavy (non-hydrogen) atoms. The summed E-state index contributed by atoms with van der Waals surface area (Å²) in [4.78, 5) is 25.1. The van der Waals surface area contributed by atoms with Crippen LogP contribution in [0.15, 0.2) is 23.3 Å². The summed E-state index contributed by atoms with van der Waals surface area (Å²) in [5, 5.41) is 3.37. The van der Waals surface area contributed by atoms with Crippen molar-refractivity contribution in [1.82, 2.24) is 20.1 Å². The van der Waals surface area contributed by atoms with Crippen molar-refractivity contribution in [2.75, 3.05) is 39.9 Å². The molecule has 1 aromatic rings. The van der Waals surface area contributed by atoms with Crippen molar-refractivity contribution in [3.63, 3.8) is 0 Å². The van der Waals surface area contributed by atoms with Crippen LogP contribution in [0.25, 0.3) is 0 Å². The van der Waals surface area contributed by atoms with E-state index in [1.165, 1.54) is 0 Å². The summed E-state index contributed by atoms with van der Waals surface area (Å²) in [6.45, 7) is 4.09. The minimum absolute atomic E-state index is 0.172. The molecule has 3 fully saturated rings. The van der Waals surface area contributed by atoms with Gasteiger partial charge in [0.25, 0.3) is 0 Å². The Labute approximate surface area is 165 Å². The SMILES string of the molecule is CN=C(NCc1ccnc(OC2CCOCC2)c1)N1CCN(C2CC2)C(=O)C1. The van der Waals surface area contributed by atoms with E-state index >= 15 is 0 Å². The van der Waals surface area contributed by atoms with Crippen LogP contribution in [0, 0.1) is 0 Å². The van der Waals surface area contributed by atoms with Gasteiger partial charge in [-0.1, -0.05) is 0 Å². The zero-order chi connectivity index (χ0) is 19.3. The van der Waals surface area contributed by atoms with Gasteiger partial charge in [-0.25, -0.2) is 4.98 Å². The number of guanidine groups is 1. The molecule has 1 aromatic heterocycles. The summed E-state index contributed by atoms with van der Waals surface area (Å²) in [6, 6.07) is 4.41. The van der Waals surface area contributed by atoms with Crippen LogP contribution in [0.1, 0.15) is 31.2 Å². The third-order valence-electron chi connectivity index (χ3n) is 5.46. The number of nitrogens with zero attached hydrogens (tertiary/aromatic N) is 4. The summed E-state index contributed by atoms with van der Waals surface area (Å²) in [5.74, 6) is 1.61. The molecule has 1 N–H and O–H groups in total. The van der Waals surface area contributed by atoms with Gasteiger partial charge < -0.3 is 24.6 Å². The van der Waals surface area contributed by atoms with Crippen molar-refractivity contribution in [3.8, 4) is 5.88 Å². The number of amides is 1. The number of hydrogen-bond acceptors (Lipinski definition) is 5. The van der Waals surface area contributed by atoms with Crippen LogP contribution in [-0.2, 0) is 16.1 Å². The molecule has 0 spiro atoms. The van der Waals surface area contributed by atoms with Crippen molar-refractivity contribution >= 4 is 11.9 Å². The highest BCUT2D eigenvalue weighted by atomic mass is 16.5. The molecule has 1 aliphatic carbocycles. The predicted molar refractivity (Wildman–Crippen MR) is 105 cm³/mol. The molecular formula is C20H29N5O3. The Balaban J connectivity index is 1.30. The van der Waals surface area contributed by atoms with Crippen LogP contribution >= 0.6 is 0 Å². The third kappa shape index (κ3) is 4.73. The monoisotopic (exact) mass is 387 g/mol. The van der Waals surface area contributed by atoms with Gasteiger partial charge in [0.2, 0.25) is 11.8 Å². The van der Waals surface area contributed by atoms with E-state index in [2.05, 4.69) is 15.3 Å². The normalized spacial score (nSPS) is 21.8. The molecule has 2 saturated heterocycles. The van der Waals surface area contributed by atoms with E-state index in [1.54, 1.807) is 13.2 Å². The van der Waals surface area contributed by atoms with E-state index in [1.807, 2.05) is 21.9 Å². The smallest absolute Gasteiger partial charge is 0.242 e. The van der Waals surface area contributed by atoms with Crippen molar-refractivity contribution in [2.45, 2.75) is 44.4 Å². The van der Waals surface area contributed by atoms with Crippen LogP contribution in [0.3, 0.4) is 0 Å². The Morgan fingerprint density at radius 3 is 2.86 bits per heavy atom. The first-order valence-corrected chi connectivity index (χ1v) is 10.2. The summed E-state index contributed by atoms with van der Waals surface area (Å²) >= 11 is 0. The van der Waals surface area contributed by atoms with Gasteiger partial charge in [0.1, 0.15) is 6.10 Å². The Morgan fingerprint density at radius 1 is 1.32 bits per heavy atom. The second-order valence-corrected chi connectivity index (χ2v) is 7.57. The van der Waals surface area contributed by atoms with E-state index in [0.717, 1.165) is 63.5 Å². The van der Waals surface area contributed by atoms with Gasteiger partial charge in [-0.05, 0) is 24.5 Å². The molecule has 8 heteroatoms. The first kappa shape index (κ1) is 19.0. The topological polar surface area (TPSA) is 79.3 Å². The fourth-order valence-electron chi connectivity index (χ4n) is 3.74. The maximum Gasteiger partial charge on any atom is 0.242 e. The van der Waals surface area contributed by atoms with E-state index in [9.17, 15) is 4.79 Å². The number of ether oxygens (including phenoxy) is 2. The van der Waals surface area contributed by atoms with E-state index in [0.29, 0.717) is 25.0 Å². The molecule has 4 rings (SSSR count). The van der Waals surface area contributed by atoms with Crippen LogP contribution < -0.4 is 10.1 Å². The molecule has 1 amide bonds. The number of aliphatic imine (C=N–C) groups is 1. The Morgan fingerprint density at radius 2 is 2.14 bits per heavy atom. The second kappa shape index (κ2) is 8.77. The molecule has 152 valence electrons. The first-order chi connectivity index (χ1) is 13.7. The zero-order valence-corrected chi connectivity index (χ0v) is 16.5. The highest BCUT2D eigenvalue weighted by Gasteiger charge is 2.36. The second-order valence-electron chi connectivity index (χ2n) is 7.57. The predicted octanol–water partition coefficient (Wildman–Crippen LogP) is 1.02. The Kier molecular flexibility index (Phi) is 5.95. The number of pyridine rings is 1. The number of piperazine rings is 1. The largest absolute Gasteiger partial charge is 0.474 e. The van der Waals surface area contributed by atoms with Crippen molar-refractivity contribution < 1.29 is 14.3 Å². The third-order valence-corrected chi connectivity index (χ3v) is 5.46. The minimum Gasteiger partial charge on any atom is -0.474 e. The first-order valence-electron chi connectivity index (χ1n) is 10.2. The molecule has 3 aliphatic rings. The lowest BCUT2D eigenvalue weighted by atomic mass is 10.1. The van der Waals surface area contributed by atoms with Gasteiger partial charge in [-0.3, -0.25) is 9.79 Å². The zero-order valence-electron chi connectivity index (χ0n) is 16.5. The van der Waals surface area contributed by atoms with E-state index in [-0.39, 0.29) is 12.0 Å². The van der Waals surface area contributed by atoms with Crippen molar-refractivity contribution in [2.24, 2.45) is 4.99 Å². The van der Waals surface area contributed by atoms with Gasteiger partial charge in [0.15, 0.2) is 5.96 Å². The quantitative estimate of drug-likeness (QED) is 0.600. The van der Waals surface area contributed by atoms with Gasteiger partial charge in [0.05, 0.1) is 19.8 Å². The molecule has 1 saturated carbocycles. The van der Waals surface area contributed by atoms with Crippen molar-refractivity contribution in [1.29, 1.82) is 0 Å². The molecule has 0 radical (unpaired) electrons. The fraction of sp³-hybridized carbons (Fsp3) is 0.650. The van der Waals surface area contributed by atoms with Crippen LogP contribution in [0.2, 0.25) is 0 Å². The molecule has 3 heterocycles. The highest BCUT2D eigenvalue weighted by molar-refractivity contribution is 5.87. The summed E-state index contributed by atoms with van der Waals surface area (Å²) in [6.07, 6.45) is 6.05. The van der Waals surface area contributed by atoms with Crippen molar-refractivity contribution in [3.05, 3.63) is 23.9 Å². The molecule has 2 aliphatic heterocycles. The summed E-state index contributed by atoms with van der Waals surface area (Å²) in [7, 11) is 1.76. The van der Waals surface area contributed by atoms with Gasteiger partial charge in [0, 0.05) is 57.8 Å². The average Bonchev–Trinajstić information content (AvgIpc) is 3.55. The van der Waals surface area contributed by atoms with Gasteiger partial charge >= 0.3 is 0 Å². The minimum atomic E-state index is 0.172. The molecule has 0 bridgehead atoms. The number of hydrogen-bond donors (Lipinski definition) is 1. The Hall–Kier alpha value is -2.35. The molecule has 0 aromatic carbocycles. The fourth-order valence-corrected chi connectivity index (χ4v) is 3.74. The molecule has 8 nitrogen and oxygen atoms in total. The summed E-state index contributed by atoms with van der Waals surface area (Å²) < 4.78 is 11.4. The van der Waals surface area contributed by atoms with Crippen LogP contribution in [-0.4, -0.2) is 78.7 Å². The molecule has 0 atom stereocenters. The van der Waals surface area contributed by atoms with E-state index in [4.69, 9.17) is 9.47 Å². The lowest BCUT2D eigenvalue weighted by Crippen LogP contribution is -2.55.